The molecule has 0 N–H and O–H groups in total. The van der Waals surface area contributed by atoms with Gasteiger partial charge in [-0.3, -0.25) is 10.1 Å². The monoisotopic (exact) mass is 315 g/mol. The predicted octanol–water partition coefficient (Wildman–Crippen LogP) is 2.83. The summed E-state index contributed by atoms with van der Waals surface area (Å²) >= 11 is 3.50. The number of nitro benzene ring substituents is 1. The summed E-state index contributed by atoms with van der Waals surface area (Å²) in [5.41, 5.74) is 0.840. The van der Waals surface area contributed by atoms with Gasteiger partial charge < -0.3 is 9.47 Å². The number of nitrogens with zero attached hydrogens (tertiary/aromatic N) is 1. The molecule has 3 unspecified atom stereocenters. The van der Waals surface area contributed by atoms with Gasteiger partial charge in [0.1, 0.15) is 18.0 Å². The standard InChI is InChI=1S/C12H14BrNO4/c1-7-5-8(14(15)16)3-4-10(7)18-11-6-9(13)12(11)17-2/h3-5,9,11-12H,6H2,1-2H3. The number of hydrogen-bond donors (Lipinski definition) is 0. The van der Waals surface area contributed by atoms with Crippen molar-refractivity contribution in [2.75, 3.05) is 7.11 Å². The van der Waals surface area contributed by atoms with Gasteiger partial charge in [-0.25, -0.2) is 0 Å². The molecule has 5 nitrogen and oxygen atoms in total. The SMILES string of the molecule is COC1C(Br)CC1Oc1ccc([N+](=O)[O-])cc1C. The quantitative estimate of drug-likeness (QED) is 0.487. The van der Waals surface area contributed by atoms with Crippen molar-refractivity contribution < 1.29 is 14.4 Å². The number of methoxy groups -OCH3 is 1. The van der Waals surface area contributed by atoms with Crippen molar-refractivity contribution in [2.24, 2.45) is 0 Å². The van der Waals surface area contributed by atoms with E-state index in [0.29, 0.717) is 10.6 Å². The van der Waals surface area contributed by atoms with Gasteiger partial charge in [0, 0.05) is 30.5 Å². The second kappa shape index (κ2) is 5.24. The van der Waals surface area contributed by atoms with Crippen LogP contribution < -0.4 is 4.74 Å². The van der Waals surface area contributed by atoms with E-state index in [0.717, 1.165) is 12.0 Å². The van der Waals surface area contributed by atoms with Crippen LogP contribution in [0.5, 0.6) is 5.75 Å². The van der Waals surface area contributed by atoms with Gasteiger partial charge in [0.25, 0.3) is 5.69 Å². The molecule has 2 rings (SSSR count). The fourth-order valence-electron chi connectivity index (χ4n) is 1.98. The van der Waals surface area contributed by atoms with E-state index in [1.165, 1.54) is 12.1 Å². The average molecular weight is 316 g/mol. The molecule has 0 aliphatic heterocycles. The summed E-state index contributed by atoms with van der Waals surface area (Å²) in [5.74, 6) is 0.673. The Morgan fingerprint density at radius 3 is 2.72 bits per heavy atom. The Balaban J connectivity index is 2.09. The van der Waals surface area contributed by atoms with Crippen molar-refractivity contribution in [3.8, 4) is 5.75 Å². The van der Waals surface area contributed by atoms with Crippen LogP contribution in [0, 0.1) is 17.0 Å². The van der Waals surface area contributed by atoms with Crippen molar-refractivity contribution >= 4 is 21.6 Å². The highest BCUT2D eigenvalue weighted by Crippen LogP contribution is 2.35. The minimum absolute atomic E-state index is 0.000434. The average Bonchev–Trinajstić information content (AvgIpc) is 2.30. The zero-order valence-corrected chi connectivity index (χ0v) is 11.7. The van der Waals surface area contributed by atoms with Crippen LogP contribution in [0.4, 0.5) is 5.69 Å². The molecule has 1 aliphatic rings. The molecular formula is C12H14BrNO4. The van der Waals surface area contributed by atoms with Crippen LogP contribution in [-0.2, 0) is 4.74 Å². The number of non-ortho nitro benzene ring substituents is 1. The Labute approximate surface area is 113 Å². The molecule has 0 spiro atoms. The molecule has 0 saturated heterocycles. The Morgan fingerprint density at radius 1 is 1.50 bits per heavy atom. The Bertz CT molecular complexity index is 465. The van der Waals surface area contributed by atoms with Crippen molar-refractivity contribution in [1.29, 1.82) is 0 Å². The third-order valence-electron chi connectivity index (χ3n) is 3.10. The second-order valence-corrected chi connectivity index (χ2v) is 5.49. The molecule has 1 aliphatic carbocycles. The number of aryl methyl sites for hydroxylation is 1. The van der Waals surface area contributed by atoms with Gasteiger partial charge in [-0.05, 0) is 18.6 Å². The Morgan fingerprint density at radius 2 is 2.22 bits per heavy atom. The van der Waals surface area contributed by atoms with Gasteiger partial charge in [0.05, 0.1) is 4.92 Å². The van der Waals surface area contributed by atoms with E-state index in [1.807, 2.05) is 0 Å². The second-order valence-electron chi connectivity index (χ2n) is 4.32. The van der Waals surface area contributed by atoms with Gasteiger partial charge in [0.2, 0.25) is 0 Å². The zero-order chi connectivity index (χ0) is 13.3. The molecule has 0 radical (unpaired) electrons. The van der Waals surface area contributed by atoms with E-state index in [9.17, 15) is 10.1 Å². The van der Waals surface area contributed by atoms with Crippen molar-refractivity contribution in [3.63, 3.8) is 0 Å². The minimum Gasteiger partial charge on any atom is -0.487 e. The van der Waals surface area contributed by atoms with Gasteiger partial charge in [-0.1, -0.05) is 15.9 Å². The highest BCUT2D eigenvalue weighted by atomic mass is 79.9. The summed E-state index contributed by atoms with van der Waals surface area (Å²) in [5, 5.41) is 10.6. The number of hydrogen-bond acceptors (Lipinski definition) is 4. The molecule has 1 fully saturated rings. The van der Waals surface area contributed by atoms with Crippen LogP contribution in [0.25, 0.3) is 0 Å². The summed E-state index contributed by atoms with van der Waals surface area (Å²) in [4.78, 5) is 10.5. The highest BCUT2D eigenvalue weighted by Gasteiger charge is 2.41. The van der Waals surface area contributed by atoms with E-state index in [-0.39, 0.29) is 17.9 Å². The molecule has 1 aromatic carbocycles. The molecule has 6 heteroatoms. The smallest absolute Gasteiger partial charge is 0.269 e. The molecular weight excluding hydrogens is 302 g/mol. The van der Waals surface area contributed by atoms with Crippen molar-refractivity contribution in [1.82, 2.24) is 0 Å². The predicted molar refractivity (Wildman–Crippen MR) is 70.4 cm³/mol. The number of ether oxygens (including phenoxy) is 2. The molecule has 3 atom stereocenters. The number of alkyl halides is 1. The number of benzene rings is 1. The molecule has 0 bridgehead atoms. The first-order valence-corrected chi connectivity index (χ1v) is 6.53. The maximum atomic E-state index is 10.6. The van der Waals surface area contributed by atoms with Gasteiger partial charge in [-0.2, -0.15) is 0 Å². The summed E-state index contributed by atoms with van der Waals surface area (Å²) in [6.45, 7) is 1.80. The Kier molecular flexibility index (Phi) is 3.87. The molecule has 0 heterocycles. The van der Waals surface area contributed by atoms with Crippen LogP contribution in [-0.4, -0.2) is 29.1 Å². The maximum absolute atomic E-state index is 10.6. The first kappa shape index (κ1) is 13.3. The first-order valence-electron chi connectivity index (χ1n) is 5.61. The lowest BCUT2D eigenvalue weighted by Gasteiger charge is -2.40. The fourth-order valence-corrected chi connectivity index (χ4v) is 2.91. The summed E-state index contributed by atoms with van der Waals surface area (Å²) in [7, 11) is 1.65. The third kappa shape index (κ3) is 2.49. The van der Waals surface area contributed by atoms with Crippen molar-refractivity contribution in [2.45, 2.75) is 30.4 Å². The molecule has 18 heavy (non-hydrogen) atoms. The van der Waals surface area contributed by atoms with Gasteiger partial charge >= 0.3 is 0 Å². The third-order valence-corrected chi connectivity index (χ3v) is 4.00. The number of halogens is 1. The largest absolute Gasteiger partial charge is 0.487 e. The lowest BCUT2D eigenvalue weighted by molar-refractivity contribution is -0.384. The topological polar surface area (TPSA) is 61.6 Å². The summed E-state index contributed by atoms with van der Waals surface area (Å²) in [6.07, 6.45) is 0.897. The number of rotatable bonds is 4. The van der Waals surface area contributed by atoms with Gasteiger partial charge in [-0.15, -0.1) is 0 Å². The zero-order valence-electron chi connectivity index (χ0n) is 10.1. The van der Waals surface area contributed by atoms with Crippen LogP contribution in [0.15, 0.2) is 18.2 Å². The van der Waals surface area contributed by atoms with Crippen LogP contribution in [0.2, 0.25) is 0 Å². The van der Waals surface area contributed by atoms with E-state index in [1.54, 1.807) is 20.1 Å². The van der Waals surface area contributed by atoms with Gasteiger partial charge in [0.15, 0.2) is 0 Å². The lowest BCUT2D eigenvalue weighted by Crippen LogP contribution is -2.51. The lowest BCUT2D eigenvalue weighted by atomic mass is 9.91. The van der Waals surface area contributed by atoms with Crippen molar-refractivity contribution in [3.05, 3.63) is 33.9 Å². The maximum Gasteiger partial charge on any atom is 0.269 e. The summed E-state index contributed by atoms with van der Waals surface area (Å²) < 4.78 is 11.1. The normalized spacial score (nSPS) is 26.5. The Hall–Kier alpha value is -1.14. The minimum atomic E-state index is -0.410. The highest BCUT2D eigenvalue weighted by molar-refractivity contribution is 9.09. The first-order chi connectivity index (χ1) is 8.52. The van der Waals surface area contributed by atoms with Crippen LogP contribution >= 0.6 is 15.9 Å². The fraction of sp³-hybridized carbons (Fsp3) is 0.500. The van der Waals surface area contributed by atoms with E-state index in [2.05, 4.69) is 15.9 Å². The number of nitro groups is 1. The van der Waals surface area contributed by atoms with E-state index >= 15 is 0 Å². The van der Waals surface area contributed by atoms with E-state index < -0.39 is 4.92 Å². The molecule has 0 amide bonds. The van der Waals surface area contributed by atoms with E-state index in [4.69, 9.17) is 9.47 Å². The van der Waals surface area contributed by atoms with Crippen LogP contribution in [0.3, 0.4) is 0 Å². The molecule has 0 aromatic heterocycles. The summed E-state index contributed by atoms with van der Waals surface area (Å²) in [6, 6.07) is 4.61. The molecule has 1 saturated carbocycles. The van der Waals surface area contributed by atoms with Crippen LogP contribution in [0.1, 0.15) is 12.0 Å². The molecule has 98 valence electrons. The molecule has 1 aromatic rings.